The van der Waals surface area contributed by atoms with Gasteiger partial charge in [-0.2, -0.15) is 0 Å². The number of aromatic nitrogens is 1. The van der Waals surface area contributed by atoms with Gasteiger partial charge in [0.15, 0.2) is 10.7 Å². The number of oxazole rings is 1. The van der Waals surface area contributed by atoms with Crippen molar-refractivity contribution in [1.29, 1.82) is 0 Å². The first-order valence-corrected chi connectivity index (χ1v) is 11.2. The van der Waals surface area contributed by atoms with E-state index in [4.69, 9.17) is 21.4 Å². The van der Waals surface area contributed by atoms with E-state index in [1.165, 1.54) is 0 Å². The lowest BCUT2D eigenvalue weighted by Crippen LogP contribution is -2.34. The standard InChI is InChI=1S/C26H25N3O3S/c1-4-17(3)31-21-11-8-18(9-12-21)24(30)29-26(33)27-20-10-13-23-22(15-20)28-25(32-23)19-7-5-6-16(2)14-19/h5-15,17H,4H2,1-3H3,(H2,27,29,30,33)/t17-/m1/s1. The van der Waals surface area contributed by atoms with Crippen molar-refractivity contribution in [1.82, 2.24) is 10.3 Å². The Balaban J connectivity index is 1.40. The number of amides is 1. The van der Waals surface area contributed by atoms with E-state index in [1.54, 1.807) is 24.3 Å². The Bertz CT molecular complexity index is 1300. The molecular weight excluding hydrogens is 434 g/mol. The van der Waals surface area contributed by atoms with Gasteiger partial charge in [0.1, 0.15) is 11.3 Å². The first-order chi connectivity index (χ1) is 15.9. The summed E-state index contributed by atoms with van der Waals surface area (Å²) in [6.07, 6.45) is 1.03. The van der Waals surface area contributed by atoms with Gasteiger partial charge in [-0.3, -0.25) is 10.1 Å². The number of nitrogens with zero attached hydrogens (tertiary/aromatic N) is 1. The fraction of sp³-hybridized carbons (Fsp3) is 0.192. The van der Waals surface area contributed by atoms with Crippen molar-refractivity contribution in [2.24, 2.45) is 0 Å². The Hall–Kier alpha value is -3.71. The molecule has 168 valence electrons. The molecule has 7 heteroatoms. The normalized spacial score (nSPS) is 11.7. The molecular formula is C26H25N3O3S. The molecule has 0 unspecified atom stereocenters. The molecule has 3 aromatic carbocycles. The summed E-state index contributed by atoms with van der Waals surface area (Å²) in [6, 6.07) is 20.5. The summed E-state index contributed by atoms with van der Waals surface area (Å²) in [5, 5.41) is 5.93. The Morgan fingerprint density at radius 2 is 1.91 bits per heavy atom. The average molecular weight is 460 g/mol. The minimum absolute atomic E-state index is 0.122. The van der Waals surface area contributed by atoms with Crippen molar-refractivity contribution < 1.29 is 13.9 Å². The highest BCUT2D eigenvalue weighted by atomic mass is 32.1. The second kappa shape index (κ2) is 9.83. The number of ether oxygens (including phenoxy) is 1. The Kier molecular flexibility index (Phi) is 6.70. The van der Waals surface area contributed by atoms with E-state index in [0.717, 1.165) is 23.3 Å². The van der Waals surface area contributed by atoms with Crippen LogP contribution in [0.3, 0.4) is 0 Å². The summed E-state index contributed by atoms with van der Waals surface area (Å²) >= 11 is 5.32. The number of hydrogen-bond acceptors (Lipinski definition) is 5. The van der Waals surface area contributed by atoms with E-state index in [-0.39, 0.29) is 17.1 Å². The van der Waals surface area contributed by atoms with Crippen LogP contribution in [0.5, 0.6) is 5.75 Å². The zero-order chi connectivity index (χ0) is 23.4. The van der Waals surface area contributed by atoms with Gasteiger partial charge in [0, 0.05) is 16.8 Å². The SMILES string of the molecule is CC[C@@H](C)Oc1ccc(C(=O)NC(=S)Nc2ccc3oc(-c4cccc(C)c4)nc3c2)cc1. The lowest BCUT2D eigenvalue weighted by Gasteiger charge is -2.13. The molecule has 0 fully saturated rings. The van der Waals surface area contributed by atoms with Gasteiger partial charge in [-0.25, -0.2) is 4.98 Å². The van der Waals surface area contributed by atoms with Crippen LogP contribution in [-0.4, -0.2) is 22.1 Å². The fourth-order valence-corrected chi connectivity index (χ4v) is 3.46. The molecule has 4 aromatic rings. The molecule has 0 aliphatic heterocycles. The molecule has 2 N–H and O–H groups in total. The third-order valence-electron chi connectivity index (χ3n) is 5.17. The van der Waals surface area contributed by atoms with Gasteiger partial charge in [-0.15, -0.1) is 0 Å². The van der Waals surface area contributed by atoms with Crippen LogP contribution in [0.25, 0.3) is 22.6 Å². The molecule has 33 heavy (non-hydrogen) atoms. The Labute approximate surface area is 198 Å². The number of benzene rings is 3. The topological polar surface area (TPSA) is 76.4 Å². The first-order valence-electron chi connectivity index (χ1n) is 10.8. The number of nitrogens with one attached hydrogen (secondary N) is 2. The third-order valence-corrected chi connectivity index (χ3v) is 5.37. The molecule has 0 bridgehead atoms. The van der Waals surface area contributed by atoms with E-state index in [9.17, 15) is 4.79 Å². The van der Waals surface area contributed by atoms with Crippen molar-refractivity contribution >= 4 is 40.0 Å². The van der Waals surface area contributed by atoms with Crippen LogP contribution < -0.4 is 15.4 Å². The predicted octanol–water partition coefficient (Wildman–Crippen LogP) is 6.11. The van der Waals surface area contributed by atoms with E-state index in [0.29, 0.717) is 28.2 Å². The summed E-state index contributed by atoms with van der Waals surface area (Å²) in [5.41, 5.74) is 4.62. The van der Waals surface area contributed by atoms with Gasteiger partial charge < -0.3 is 14.5 Å². The highest BCUT2D eigenvalue weighted by molar-refractivity contribution is 7.80. The largest absolute Gasteiger partial charge is 0.491 e. The lowest BCUT2D eigenvalue weighted by molar-refractivity contribution is 0.0977. The maximum Gasteiger partial charge on any atom is 0.257 e. The summed E-state index contributed by atoms with van der Waals surface area (Å²) in [4.78, 5) is 17.1. The van der Waals surface area contributed by atoms with Crippen LogP contribution in [0.2, 0.25) is 0 Å². The van der Waals surface area contributed by atoms with Gasteiger partial charge in [0.05, 0.1) is 6.10 Å². The maximum absolute atomic E-state index is 12.5. The van der Waals surface area contributed by atoms with Crippen LogP contribution in [0, 0.1) is 6.92 Å². The molecule has 4 rings (SSSR count). The minimum Gasteiger partial charge on any atom is -0.491 e. The number of carbonyl (C=O) groups excluding carboxylic acids is 1. The average Bonchev–Trinajstić information content (AvgIpc) is 3.23. The van der Waals surface area contributed by atoms with Crippen LogP contribution in [-0.2, 0) is 0 Å². The molecule has 1 heterocycles. The zero-order valence-corrected chi connectivity index (χ0v) is 19.5. The van der Waals surface area contributed by atoms with Crippen molar-refractivity contribution in [3.8, 4) is 17.2 Å². The maximum atomic E-state index is 12.5. The number of fused-ring (bicyclic) bond motifs is 1. The van der Waals surface area contributed by atoms with E-state index >= 15 is 0 Å². The second-order valence-corrected chi connectivity index (χ2v) is 8.25. The van der Waals surface area contributed by atoms with Gasteiger partial charge >= 0.3 is 0 Å². The number of anilines is 1. The summed E-state index contributed by atoms with van der Waals surface area (Å²) in [7, 11) is 0. The molecule has 1 amide bonds. The predicted molar refractivity (Wildman–Crippen MR) is 135 cm³/mol. The van der Waals surface area contributed by atoms with Gasteiger partial charge in [-0.05, 0) is 87.1 Å². The molecule has 0 saturated heterocycles. The monoisotopic (exact) mass is 459 g/mol. The smallest absolute Gasteiger partial charge is 0.257 e. The van der Waals surface area contributed by atoms with E-state index in [1.807, 2.05) is 56.3 Å². The molecule has 1 aromatic heterocycles. The molecule has 0 aliphatic carbocycles. The fourth-order valence-electron chi connectivity index (χ4n) is 3.24. The van der Waals surface area contributed by atoms with Crippen LogP contribution in [0.1, 0.15) is 36.2 Å². The highest BCUT2D eigenvalue weighted by Crippen LogP contribution is 2.26. The molecule has 1 atom stereocenters. The van der Waals surface area contributed by atoms with Gasteiger partial charge in [-0.1, -0.05) is 24.6 Å². The van der Waals surface area contributed by atoms with Gasteiger partial charge in [0.2, 0.25) is 5.89 Å². The van der Waals surface area contributed by atoms with Crippen molar-refractivity contribution in [2.75, 3.05) is 5.32 Å². The molecule has 0 radical (unpaired) electrons. The van der Waals surface area contributed by atoms with E-state index < -0.39 is 0 Å². The van der Waals surface area contributed by atoms with Crippen LogP contribution >= 0.6 is 12.2 Å². The lowest BCUT2D eigenvalue weighted by atomic mass is 10.1. The Morgan fingerprint density at radius 3 is 2.64 bits per heavy atom. The zero-order valence-electron chi connectivity index (χ0n) is 18.7. The summed E-state index contributed by atoms with van der Waals surface area (Å²) in [5.74, 6) is 0.988. The number of carbonyl (C=O) groups is 1. The number of aryl methyl sites for hydroxylation is 1. The van der Waals surface area contributed by atoms with Crippen LogP contribution in [0.15, 0.2) is 71.1 Å². The van der Waals surface area contributed by atoms with Crippen molar-refractivity contribution in [3.05, 3.63) is 77.9 Å². The van der Waals surface area contributed by atoms with Crippen molar-refractivity contribution in [3.63, 3.8) is 0 Å². The second-order valence-electron chi connectivity index (χ2n) is 7.84. The number of rotatable bonds is 6. The first kappa shape index (κ1) is 22.5. The quantitative estimate of drug-likeness (QED) is 0.339. The molecule has 0 saturated carbocycles. The number of thiocarbonyl (C=S) groups is 1. The van der Waals surface area contributed by atoms with E-state index in [2.05, 4.69) is 22.5 Å². The molecule has 0 aliphatic rings. The molecule has 6 nitrogen and oxygen atoms in total. The summed E-state index contributed by atoms with van der Waals surface area (Å²) < 4.78 is 11.6. The molecule has 0 spiro atoms. The number of hydrogen-bond donors (Lipinski definition) is 2. The summed E-state index contributed by atoms with van der Waals surface area (Å²) in [6.45, 7) is 6.09. The van der Waals surface area contributed by atoms with Crippen LogP contribution in [0.4, 0.5) is 5.69 Å². The highest BCUT2D eigenvalue weighted by Gasteiger charge is 2.12. The van der Waals surface area contributed by atoms with Gasteiger partial charge in [0.25, 0.3) is 5.91 Å². The van der Waals surface area contributed by atoms with Crippen molar-refractivity contribution in [2.45, 2.75) is 33.3 Å². The third kappa shape index (κ3) is 5.56. The Morgan fingerprint density at radius 1 is 1.12 bits per heavy atom. The minimum atomic E-state index is -0.299.